The molecule has 6 nitrogen and oxygen atoms in total. The molecule has 1 aliphatic rings. The molecule has 0 saturated carbocycles. The Labute approximate surface area is 188 Å². The van der Waals surface area contributed by atoms with E-state index >= 15 is 0 Å². The SMILES string of the molecule is N#Cc1ccc(CCC(=O)N2CCN(S(=O)(=O)c3ccc(Cl)c(C(F)(F)F)c3)CC2)cc1. The van der Waals surface area contributed by atoms with E-state index in [1.807, 2.05) is 6.07 Å². The molecular weight excluding hydrogens is 467 g/mol. The zero-order valence-electron chi connectivity index (χ0n) is 16.8. The van der Waals surface area contributed by atoms with Crippen LogP contribution in [0.1, 0.15) is 23.1 Å². The fourth-order valence-corrected chi connectivity index (χ4v) is 5.04. The lowest BCUT2D eigenvalue weighted by Crippen LogP contribution is -2.50. The highest BCUT2D eigenvalue weighted by Gasteiger charge is 2.36. The van der Waals surface area contributed by atoms with Gasteiger partial charge in [0.1, 0.15) is 0 Å². The van der Waals surface area contributed by atoms with Crippen LogP contribution in [0.5, 0.6) is 0 Å². The van der Waals surface area contributed by atoms with Gasteiger partial charge in [0.2, 0.25) is 15.9 Å². The number of hydrogen-bond acceptors (Lipinski definition) is 4. The molecule has 32 heavy (non-hydrogen) atoms. The highest BCUT2D eigenvalue weighted by Crippen LogP contribution is 2.36. The highest BCUT2D eigenvalue weighted by atomic mass is 35.5. The molecule has 2 aromatic carbocycles. The number of aryl methyl sites for hydroxylation is 1. The summed E-state index contributed by atoms with van der Waals surface area (Å²) in [5.74, 6) is -0.141. The Morgan fingerprint density at radius 3 is 2.25 bits per heavy atom. The normalized spacial score (nSPS) is 15.4. The first kappa shape index (κ1) is 24.0. The smallest absolute Gasteiger partial charge is 0.340 e. The van der Waals surface area contributed by atoms with Crippen molar-refractivity contribution in [2.24, 2.45) is 0 Å². The van der Waals surface area contributed by atoms with Crippen molar-refractivity contribution in [3.63, 3.8) is 0 Å². The molecule has 0 spiro atoms. The van der Waals surface area contributed by atoms with Crippen LogP contribution in [0, 0.1) is 11.3 Å². The van der Waals surface area contributed by atoms with Gasteiger partial charge in [-0.05, 0) is 42.3 Å². The molecule has 170 valence electrons. The second kappa shape index (κ2) is 9.48. The van der Waals surface area contributed by atoms with Crippen molar-refractivity contribution in [1.29, 1.82) is 5.26 Å². The first-order valence-corrected chi connectivity index (χ1v) is 11.5. The van der Waals surface area contributed by atoms with Gasteiger partial charge in [-0.1, -0.05) is 23.7 Å². The average molecular weight is 486 g/mol. The van der Waals surface area contributed by atoms with Crippen molar-refractivity contribution in [3.8, 4) is 6.07 Å². The van der Waals surface area contributed by atoms with E-state index < -0.39 is 31.7 Å². The van der Waals surface area contributed by atoms with Crippen molar-refractivity contribution in [3.05, 3.63) is 64.2 Å². The lowest BCUT2D eigenvalue weighted by molar-refractivity contribution is -0.137. The number of nitrogens with zero attached hydrogens (tertiary/aromatic N) is 3. The fraction of sp³-hybridized carbons (Fsp3) is 0.333. The molecular formula is C21H19ClF3N3O3S. The summed E-state index contributed by atoms with van der Waals surface area (Å²) in [6.45, 7) is 0.250. The van der Waals surface area contributed by atoms with Crippen LogP contribution in [0.25, 0.3) is 0 Å². The molecule has 1 amide bonds. The predicted octanol–water partition coefficient (Wildman–Crippen LogP) is 3.70. The quantitative estimate of drug-likeness (QED) is 0.646. The molecule has 0 atom stereocenters. The van der Waals surface area contributed by atoms with Crippen LogP contribution in [-0.4, -0.2) is 49.7 Å². The summed E-state index contributed by atoms with van der Waals surface area (Å²) in [5.41, 5.74) is 0.221. The maximum absolute atomic E-state index is 13.1. The lowest BCUT2D eigenvalue weighted by atomic mass is 10.1. The van der Waals surface area contributed by atoms with Gasteiger partial charge in [-0.3, -0.25) is 4.79 Å². The monoisotopic (exact) mass is 485 g/mol. The summed E-state index contributed by atoms with van der Waals surface area (Å²) >= 11 is 5.57. The Morgan fingerprint density at radius 2 is 1.69 bits per heavy atom. The minimum absolute atomic E-state index is 0.0189. The molecule has 0 aliphatic carbocycles. The molecule has 1 aliphatic heterocycles. The van der Waals surface area contributed by atoms with Gasteiger partial charge >= 0.3 is 6.18 Å². The molecule has 1 fully saturated rings. The van der Waals surface area contributed by atoms with Crippen molar-refractivity contribution >= 4 is 27.5 Å². The Hall–Kier alpha value is -2.61. The topological polar surface area (TPSA) is 81.5 Å². The number of rotatable bonds is 5. The minimum atomic E-state index is -4.78. The number of amides is 1. The zero-order valence-corrected chi connectivity index (χ0v) is 18.3. The minimum Gasteiger partial charge on any atom is -0.340 e. The summed E-state index contributed by atoms with van der Waals surface area (Å²) in [5, 5.41) is 8.24. The van der Waals surface area contributed by atoms with Gasteiger partial charge in [-0.2, -0.15) is 22.7 Å². The van der Waals surface area contributed by atoms with E-state index in [0.717, 1.165) is 22.0 Å². The van der Waals surface area contributed by atoms with E-state index in [9.17, 15) is 26.4 Å². The van der Waals surface area contributed by atoms with Gasteiger partial charge in [0.15, 0.2) is 0 Å². The molecule has 0 radical (unpaired) electrons. The van der Waals surface area contributed by atoms with Gasteiger partial charge in [0.25, 0.3) is 0 Å². The Bertz CT molecular complexity index is 1140. The summed E-state index contributed by atoms with van der Waals surface area (Å²) in [4.78, 5) is 13.5. The molecule has 3 rings (SSSR count). The van der Waals surface area contributed by atoms with Gasteiger partial charge < -0.3 is 4.90 Å². The number of sulfonamides is 1. The number of benzene rings is 2. The number of carbonyl (C=O) groups excluding carboxylic acids is 1. The van der Waals surface area contributed by atoms with Crippen molar-refractivity contribution in [1.82, 2.24) is 9.21 Å². The van der Waals surface area contributed by atoms with Gasteiger partial charge in [-0.15, -0.1) is 0 Å². The van der Waals surface area contributed by atoms with E-state index in [1.165, 1.54) is 0 Å². The molecule has 1 saturated heterocycles. The second-order valence-corrected chi connectivity index (χ2v) is 9.58. The van der Waals surface area contributed by atoms with E-state index in [1.54, 1.807) is 29.2 Å². The van der Waals surface area contributed by atoms with Crippen LogP contribution >= 0.6 is 11.6 Å². The fourth-order valence-electron chi connectivity index (χ4n) is 3.36. The van der Waals surface area contributed by atoms with Crippen LogP contribution in [0.3, 0.4) is 0 Å². The van der Waals surface area contributed by atoms with Crippen LogP contribution in [0.4, 0.5) is 13.2 Å². The molecule has 0 aromatic heterocycles. The van der Waals surface area contributed by atoms with Crippen LogP contribution in [-0.2, 0) is 27.4 Å². The van der Waals surface area contributed by atoms with Gasteiger partial charge in [-0.25, -0.2) is 8.42 Å². The summed E-state index contributed by atoms with van der Waals surface area (Å²) < 4.78 is 65.9. The third kappa shape index (κ3) is 5.41. The van der Waals surface area contributed by atoms with Crippen molar-refractivity contribution < 1.29 is 26.4 Å². The first-order chi connectivity index (χ1) is 15.0. The van der Waals surface area contributed by atoms with Crippen LogP contribution in [0.15, 0.2) is 47.4 Å². The second-order valence-electron chi connectivity index (χ2n) is 7.23. The predicted molar refractivity (Wildman–Crippen MR) is 111 cm³/mol. The van der Waals surface area contributed by atoms with E-state index in [4.69, 9.17) is 16.9 Å². The summed E-state index contributed by atoms with van der Waals surface area (Å²) in [6.07, 6.45) is -4.07. The van der Waals surface area contributed by atoms with Crippen molar-refractivity contribution in [2.45, 2.75) is 23.9 Å². The summed E-state index contributed by atoms with van der Waals surface area (Å²) in [7, 11) is -4.16. The summed E-state index contributed by atoms with van der Waals surface area (Å²) in [6, 6.07) is 11.4. The maximum Gasteiger partial charge on any atom is 0.417 e. The lowest BCUT2D eigenvalue weighted by Gasteiger charge is -2.34. The molecule has 2 aromatic rings. The standard InChI is InChI=1S/C21H19ClF3N3O3S/c22-19-7-6-17(13-18(19)21(23,24)25)32(30,31)28-11-9-27(10-12-28)20(29)8-5-15-1-3-16(14-26)4-2-15/h1-4,6-7,13H,5,8-12H2. The van der Waals surface area contributed by atoms with Crippen molar-refractivity contribution in [2.75, 3.05) is 26.2 Å². The molecule has 1 heterocycles. The maximum atomic E-state index is 13.1. The average Bonchev–Trinajstić information content (AvgIpc) is 2.77. The Balaban J connectivity index is 1.61. The van der Waals surface area contributed by atoms with Gasteiger partial charge in [0, 0.05) is 32.6 Å². The number of carbonyl (C=O) groups is 1. The zero-order chi connectivity index (χ0) is 23.5. The van der Waals surface area contributed by atoms with Crippen LogP contribution < -0.4 is 0 Å². The third-order valence-electron chi connectivity index (χ3n) is 5.18. The number of alkyl halides is 3. The number of nitriles is 1. The Kier molecular flexibility index (Phi) is 7.12. The van der Waals surface area contributed by atoms with E-state index in [-0.39, 0.29) is 38.5 Å². The molecule has 0 unspecified atom stereocenters. The van der Waals surface area contributed by atoms with E-state index in [0.29, 0.717) is 18.1 Å². The van der Waals surface area contributed by atoms with Gasteiger partial charge in [0.05, 0.1) is 27.1 Å². The molecule has 11 heteroatoms. The number of halogens is 4. The number of piperazine rings is 1. The van der Waals surface area contributed by atoms with E-state index in [2.05, 4.69) is 0 Å². The molecule has 0 N–H and O–H groups in total. The molecule has 0 bridgehead atoms. The Morgan fingerprint density at radius 1 is 1.06 bits per heavy atom. The third-order valence-corrected chi connectivity index (χ3v) is 7.41. The largest absolute Gasteiger partial charge is 0.417 e. The number of hydrogen-bond donors (Lipinski definition) is 0. The van der Waals surface area contributed by atoms with Crippen LogP contribution in [0.2, 0.25) is 5.02 Å². The highest BCUT2D eigenvalue weighted by molar-refractivity contribution is 7.89. The first-order valence-electron chi connectivity index (χ1n) is 9.66.